The van der Waals surface area contributed by atoms with E-state index in [1.165, 1.54) is 11.3 Å². The Morgan fingerprint density at radius 3 is 2.48 bits per heavy atom. The van der Waals surface area contributed by atoms with Gasteiger partial charge in [0.05, 0.1) is 30.0 Å². The maximum absolute atomic E-state index is 12.3. The van der Waals surface area contributed by atoms with E-state index in [9.17, 15) is 14.7 Å². The Morgan fingerprint density at radius 1 is 1.00 bits per heavy atom. The van der Waals surface area contributed by atoms with Crippen molar-refractivity contribution in [3.63, 3.8) is 0 Å². The van der Waals surface area contributed by atoms with Gasteiger partial charge in [-0.25, -0.2) is 9.97 Å². The van der Waals surface area contributed by atoms with Crippen LogP contribution in [0.5, 0.6) is 11.5 Å². The first kappa shape index (κ1) is 36.2. The Labute approximate surface area is 319 Å². The lowest BCUT2D eigenvalue weighted by molar-refractivity contribution is -0.134. The Hall–Kier alpha value is -4.82. The second-order valence-corrected chi connectivity index (χ2v) is 15.3. The lowest BCUT2D eigenvalue weighted by Crippen LogP contribution is -2.55. The molecule has 3 aliphatic heterocycles. The number of aliphatic hydroxyl groups is 1. The van der Waals surface area contributed by atoms with E-state index >= 15 is 0 Å². The van der Waals surface area contributed by atoms with Gasteiger partial charge in [-0.3, -0.25) is 29.4 Å². The normalized spacial score (nSPS) is 20.5. The lowest BCUT2D eigenvalue weighted by Gasteiger charge is -2.43. The number of H-pyrrole nitrogens is 1. The van der Waals surface area contributed by atoms with Crippen molar-refractivity contribution in [1.82, 2.24) is 39.8 Å². The number of carbonyl (C=O) groups is 2. The number of benzene rings is 2. The van der Waals surface area contributed by atoms with Crippen molar-refractivity contribution in [2.75, 3.05) is 50.8 Å². The van der Waals surface area contributed by atoms with Gasteiger partial charge in [-0.05, 0) is 67.5 Å². The van der Waals surface area contributed by atoms with Crippen molar-refractivity contribution in [2.45, 2.75) is 51.1 Å². The molecule has 3 N–H and O–H groups in total. The van der Waals surface area contributed by atoms with Crippen molar-refractivity contribution in [2.24, 2.45) is 13.0 Å². The molecule has 2 atom stereocenters. The number of aliphatic hydroxyl groups excluding tert-OH is 1. The van der Waals surface area contributed by atoms with Gasteiger partial charge in [0.1, 0.15) is 22.1 Å². The fourth-order valence-electron chi connectivity index (χ4n) is 8.16. The van der Waals surface area contributed by atoms with E-state index in [-0.39, 0.29) is 30.4 Å². The third-order valence-corrected chi connectivity index (χ3v) is 11.4. The summed E-state index contributed by atoms with van der Waals surface area (Å²) < 4.78 is 8.05. The molecule has 0 bridgehead atoms. The van der Waals surface area contributed by atoms with E-state index in [0.717, 1.165) is 75.5 Å². The molecule has 3 aliphatic rings. The molecule has 2 aromatic carbocycles. The maximum atomic E-state index is 12.3. The lowest BCUT2D eigenvalue weighted by atomic mass is 9.90. The third-order valence-electron chi connectivity index (χ3n) is 11.2. The largest absolute Gasteiger partial charge is 0.453 e. The molecule has 0 spiro atoms. The molecule has 3 aromatic heterocycles. The summed E-state index contributed by atoms with van der Waals surface area (Å²) in [6.45, 7) is 8.52. The minimum atomic E-state index is -0.256. The van der Waals surface area contributed by atoms with Gasteiger partial charge in [-0.15, -0.1) is 0 Å². The van der Waals surface area contributed by atoms with Crippen LogP contribution in [-0.4, -0.2) is 103 Å². The highest BCUT2D eigenvalue weighted by Crippen LogP contribution is 2.36. The highest BCUT2D eigenvalue weighted by atomic mass is 35.5. The van der Waals surface area contributed by atoms with Crippen LogP contribution in [0.4, 0.5) is 5.69 Å². The van der Waals surface area contributed by atoms with Gasteiger partial charge in [-0.2, -0.15) is 5.10 Å². The molecule has 13 nitrogen and oxygen atoms in total. The number of nitrogens with one attached hydrogen (secondary N) is 2. The molecule has 54 heavy (non-hydrogen) atoms. The number of hydrogen-bond acceptors (Lipinski definition) is 10. The molecule has 6 heterocycles. The van der Waals surface area contributed by atoms with Crippen molar-refractivity contribution in [3.05, 3.63) is 82.8 Å². The standard InChI is InChI=1S/C40H46ClN9O4/c1-25-33(23-47(2)46-25)38-44-36-37(34(41)19-42-39(36)45-38)54-31-9-3-26(4-10-31)20-48-17-18-50(30(22-48)24-51)21-27-13-15-49(16-14-27)29-7-5-28(6-8-29)32-11-12-35(52)43-40(32)53/h3-10,19,23,27,30,32,51H,11-18,20-22,24H2,1-2H3,(H,42,44,45)(H,43,52,53)/t30-,32+/m0/s1. The zero-order valence-corrected chi connectivity index (χ0v) is 31.4. The highest BCUT2D eigenvalue weighted by molar-refractivity contribution is 6.32. The maximum Gasteiger partial charge on any atom is 0.234 e. The number of carbonyl (C=O) groups excluding carboxylic acids is 2. The van der Waals surface area contributed by atoms with Gasteiger partial charge in [0.2, 0.25) is 11.8 Å². The Kier molecular flexibility index (Phi) is 10.4. The molecule has 5 aromatic rings. The zero-order valence-electron chi connectivity index (χ0n) is 30.7. The highest BCUT2D eigenvalue weighted by Gasteiger charge is 2.31. The molecule has 282 valence electrons. The van der Waals surface area contributed by atoms with Crippen LogP contribution >= 0.6 is 11.6 Å². The van der Waals surface area contributed by atoms with Gasteiger partial charge in [0, 0.05) is 77.2 Å². The third kappa shape index (κ3) is 7.72. The number of fused-ring (bicyclic) bond motifs is 1. The number of piperidine rings is 2. The number of piperazine rings is 1. The monoisotopic (exact) mass is 751 g/mol. The number of imide groups is 1. The van der Waals surface area contributed by atoms with Crippen LogP contribution in [0.15, 0.2) is 60.9 Å². The molecule has 3 fully saturated rings. The second-order valence-electron chi connectivity index (χ2n) is 14.9. The fourth-order valence-corrected chi connectivity index (χ4v) is 8.34. The molecule has 0 unspecified atom stereocenters. The van der Waals surface area contributed by atoms with E-state index < -0.39 is 0 Å². The van der Waals surface area contributed by atoms with Crippen molar-refractivity contribution in [3.8, 4) is 22.9 Å². The first-order valence-electron chi connectivity index (χ1n) is 18.8. The number of ether oxygens (including phenoxy) is 1. The van der Waals surface area contributed by atoms with Crippen molar-refractivity contribution < 1.29 is 19.4 Å². The van der Waals surface area contributed by atoms with Crippen LogP contribution in [0.1, 0.15) is 48.4 Å². The number of amides is 2. The van der Waals surface area contributed by atoms with E-state index in [4.69, 9.17) is 16.3 Å². The van der Waals surface area contributed by atoms with Crippen molar-refractivity contribution >= 4 is 40.3 Å². The summed E-state index contributed by atoms with van der Waals surface area (Å²) in [6, 6.07) is 16.5. The molecule has 0 aliphatic carbocycles. The number of aromatic nitrogens is 5. The number of imidazole rings is 1. The average Bonchev–Trinajstić information content (AvgIpc) is 3.76. The van der Waals surface area contributed by atoms with Crippen LogP contribution in [0.2, 0.25) is 5.02 Å². The number of halogens is 1. The summed E-state index contributed by atoms with van der Waals surface area (Å²) in [7, 11) is 1.88. The summed E-state index contributed by atoms with van der Waals surface area (Å²) >= 11 is 6.57. The predicted octanol–water partition coefficient (Wildman–Crippen LogP) is 5.03. The Morgan fingerprint density at radius 2 is 1.78 bits per heavy atom. The van der Waals surface area contributed by atoms with Gasteiger partial charge >= 0.3 is 0 Å². The number of rotatable bonds is 10. The summed E-state index contributed by atoms with van der Waals surface area (Å²) in [5, 5.41) is 17.7. The summed E-state index contributed by atoms with van der Waals surface area (Å²) in [4.78, 5) is 43.6. The molecule has 8 rings (SSSR count). The smallest absolute Gasteiger partial charge is 0.234 e. The number of aromatic amines is 1. The van der Waals surface area contributed by atoms with Crippen LogP contribution in [0.25, 0.3) is 22.6 Å². The minimum absolute atomic E-state index is 0.102. The van der Waals surface area contributed by atoms with Gasteiger partial charge < -0.3 is 19.7 Å². The molecule has 0 saturated carbocycles. The topological polar surface area (TPSA) is 145 Å². The summed E-state index contributed by atoms with van der Waals surface area (Å²) in [6.07, 6.45) is 6.63. The van der Waals surface area contributed by atoms with Gasteiger partial charge in [0.25, 0.3) is 0 Å². The first-order valence-corrected chi connectivity index (χ1v) is 19.2. The fraction of sp³-hybridized carbons (Fsp3) is 0.425. The second kappa shape index (κ2) is 15.5. The molecular weight excluding hydrogens is 706 g/mol. The predicted molar refractivity (Wildman–Crippen MR) is 207 cm³/mol. The number of pyridine rings is 1. The quantitative estimate of drug-likeness (QED) is 0.166. The van der Waals surface area contributed by atoms with Gasteiger partial charge in [0.15, 0.2) is 11.4 Å². The summed E-state index contributed by atoms with van der Waals surface area (Å²) in [5.41, 5.74) is 6.21. The number of nitrogens with zero attached hydrogens (tertiary/aromatic N) is 7. The molecule has 14 heteroatoms. The van der Waals surface area contributed by atoms with E-state index in [1.54, 1.807) is 10.9 Å². The van der Waals surface area contributed by atoms with Crippen LogP contribution in [0, 0.1) is 12.8 Å². The number of hydrogen-bond donors (Lipinski definition) is 3. The van der Waals surface area contributed by atoms with Crippen LogP contribution in [-0.2, 0) is 23.2 Å². The number of anilines is 1. The summed E-state index contributed by atoms with van der Waals surface area (Å²) in [5.74, 6) is 1.74. The van der Waals surface area contributed by atoms with E-state index in [1.807, 2.05) is 44.4 Å². The van der Waals surface area contributed by atoms with E-state index in [0.29, 0.717) is 52.3 Å². The molecule has 2 amide bonds. The molecule has 3 saturated heterocycles. The average molecular weight is 752 g/mol. The van der Waals surface area contributed by atoms with Crippen LogP contribution < -0.4 is 15.0 Å². The minimum Gasteiger partial charge on any atom is -0.453 e. The van der Waals surface area contributed by atoms with E-state index in [2.05, 4.69) is 64.3 Å². The van der Waals surface area contributed by atoms with Gasteiger partial charge in [-0.1, -0.05) is 35.9 Å². The first-order chi connectivity index (χ1) is 26.2. The number of aryl methyl sites for hydroxylation is 2. The Bertz CT molecular complexity index is 2130. The molecular formula is C40H46ClN9O4. The zero-order chi connectivity index (χ0) is 37.3. The Balaban J connectivity index is 0.824. The SMILES string of the molecule is Cc1nn(C)cc1-c1nc2ncc(Cl)c(Oc3ccc(CN4CCN(CC5CCN(c6ccc([C@H]7CCC(=O)NC7=O)cc6)CC5)[C@H](CO)C4)cc3)c2[nH]1. The van der Waals surface area contributed by atoms with Crippen LogP contribution in [0.3, 0.4) is 0 Å². The van der Waals surface area contributed by atoms with Crippen molar-refractivity contribution in [1.29, 1.82) is 0 Å². The molecule has 0 radical (unpaired) electrons.